The van der Waals surface area contributed by atoms with Crippen molar-refractivity contribution in [1.29, 1.82) is 0 Å². The van der Waals surface area contributed by atoms with E-state index < -0.39 is 0 Å². The van der Waals surface area contributed by atoms with E-state index >= 15 is 0 Å². The minimum atomic E-state index is -0.279. The van der Waals surface area contributed by atoms with Gasteiger partial charge in [-0.1, -0.05) is 29.8 Å². The lowest BCUT2D eigenvalue weighted by molar-refractivity contribution is 0.102. The van der Waals surface area contributed by atoms with Crippen LogP contribution in [0.15, 0.2) is 42.5 Å². The Hall–Kier alpha value is -2.00. The number of benzene rings is 2. The van der Waals surface area contributed by atoms with Gasteiger partial charge < -0.3 is 10.1 Å². The molecule has 2 rings (SSSR count). The number of nitrogens with one attached hydrogen (secondary N) is 1. The Bertz CT molecular complexity index is 555. The summed E-state index contributed by atoms with van der Waals surface area (Å²) in [6.07, 6.45) is 0. The van der Waals surface area contributed by atoms with Gasteiger partial charge in [-0.05, 0) is 24.3 Å². The fourth-order valence-electron chi connectivity index (χ4n) is 1.47. The number of anilines is 1. The lowest BCUT2D eigenvalue weighted by Gasteiger charge is -2.08. The normalized spacial score (nSPS) is 9.89. The number of amides is 1. The second-order valence-electron chi connectivity index (χ2n) is 3.58. The number of methoxy groups -OCH3 is 1. The number of carbonyl (C=O) groups excluding carboxylic acids is 1. The third kappa shape index (κ3) is 2.81. The monoisotopic (exact) mass is 260 g/mol. The number of rotatable bonds is 3. The Morgan fingerprint density at radius 3 is 2.72 bits per heavy atom. The molecule has 0 atom stereocenters. The van der Waals surface area contributed by atoms with Crippen LogP contribution in [0.3, 0.4) is 0 Å². The molecule has 0 aliphatic heterocycles. The summed E-state index contributed by atoms with van der Waals surface area (Å²) in [7, 11) is 1.51. The average Bonchev–Trinajstić information content (AvgIpc) is 2.40. The van der Waals surface area contributed by atoms with Gasteiger partial charge in [0.25, 0.3) is 5.91 Å². The van der Waals surface area contributed by atoms with Crippen LogP contribution in [-0.2, 0) is 0 Å². The second-order valence-corrected chi connectivity index (χ2v) is 3.99. The lowest BCUT2D eigenvalue weighted by atomic mass is 10.2. The number of para-hydroxylation sites is 1. The van der Waals surface area contributed by atoms with Crippen molar-refractivity contribution < 1.29 is 9.53 Å². The lowest BCUT2D eigenvalue weighted by Crippen LogP contribution is -2.12. The van der Waals surface area contributed by atoms with Crippen LogP contribution in [0.4, 0.5) is 5.69 Å². The fraction of sp³-hybridized carbons (Fsp3) is 0.0714. The summed E-state index contributed by atoms with van der Waals surface area (Å²) in [5, 5.41) is 3.09. The summed E-state index contributed by atoms with van der Waals surface area (Å²) < 4.78 is 5.02. The molecule has 0 bridgehead atoms. The summed E-state index contributed by atoms with van der Waals surface area (Å²) >= 11 is 5.97. The van der Waals surface area contributed by atoms with Crippen LogP contribution in [0, 0.1) is 6.07 Å². The average molecular weight is 261 g/mol. The molecule has 2 aromatic carbocycles. The van der Waals surface area contributed by atoms with E-state index in [1.165, 1.54) is 13.2 Å². The number of halogens is 1. The summed E-state index contributed by atoms with van der Waals surface area (Å²) in [5.41, 5.74) is 1.07. The first-order valence-corrected chi connectivity index (χ1v) is 5.70. The van der Waals surface area contributed by atoms with Gasteiger partial charge in [0.05, 0.1) is 17.7 Å². The third-order valence-electron chi connectivity index (χ3n) is 2.37. The van der Waals surface area contributed by atoms with Crippen LogP contribution >= 0.6 is 11.6 Å². The molecule has 1 amide bonds. The van der Waals surface area contributed by atoms with E-state index in [9.17, 15) is 4.79 Å². The molecular weight excluding hydrogens is 250 g/mol. The van der Waals surface area contributed by atoms with Gasteiger partial charge in [0.2, 0.25) is 0 Å². The smallest absolute Gasteiger partial charge is 0.257 e. The first-order valence-electron chi connectivity index (χ1n) is 5.32. The maximum absolute atomic E-state index is 12.0. The number of carbonyl (C=O) groups is 1. The van der Waals surface area contributed by atoms with Crippen LogP contribution in [0.1, 0.15) is 10.4 Å². The molecule has 0 heterocycles. The van der Waals surface area contributed by atoms with Crippen LogP contribution in [0.2, 0.25) is 5.02 Å². The molecule has 0 saturated heterocycles. The summed E-state index contributed by atoms with van der Waals surface area (Å²) in [4.78, 5) is 12.0. The van der Waals surface area contributed by atoms with Crippen molar-refractivity contribution in [3.05, 3.63) is 59.1 Å². The van der Waals surface area contributed by atoms with Gasteiger partial charge in [-0.3, -0.25) is 4.79 Å². The Morgan fingerprint density at radius 1 is 1.33 bits per heavy atom. The molecule has 0 fully saturated rings. The molecule has 0 saturated carbocycles. The first-order chi connectivity index (χ1) is 8.70. The van der Waals surface area contributed by atoms with Crippen LogP contribution in [0.5, 0.6) is 5.75 Å². The highest BCUT2D eigenvalue weighted by Crippen LogP contribution is 2.22. The van der Waals surface area contributed by atoms with E-state index in [4.69, 9.17) is 16.3 Å². The molecule has 1 N–H and O–H groups in total. The molecule has 1 radical (unpaired) electrons. The summed E-state index contributed by atoms with van der Waals surface area (Å²) in [6, 6.07) is 15.1. The SMILES string of the molecule is COc1[c]cc(Cl)c(C(=O)Nc2ccccc2)c1. The molecular formula is C14H11ClNO2. The molecule has 3 nitrogen and oxygen atoms in total. The largest absolute Gasteiger partial charge is 0.496 e. The number of ether oxygens (including phenoxy) is 1. The van der Waals surface area contributed by atoms with E-state index in [2.05, 4.69) is 11.4 Å². The summed E-state index contributed by atoms with van der Waals surface area (Å²) in [5.74, 6) is 0.191. The summed E-state index contributed by atoms with van der Waals surface area (Å²) in [6.45, 7) is 0. The Balaban J connectivity index is 2.23. The predicted molar refractivity (Wildman–Crippen MR) is 71.2 cm³/mol. The van der Waals surface area contributed by atoms with E-state index in [1.54, 1.807) is 18.2 Å². The highest BCUT2D eigenvalue weighted by Gasteiger charge is 2.11. The molecule has 0 aromatic heterocycles. The third-order valence-corrected chi connectivity index (χ3v) is 2.68. The number of hydrogen-bond acceptors (Lipinski definition) is 2. The molecule has 4 heteroatoms. The molecule has 18 heavy (non-hydrogen) atoms. The van der Waals surface area contributed by atoms with Gasteiger partial charge in [-0.2, -0.15) is 0 Å². The van der Waals surface area contributed by atoms with Crippen LogP contribution in [-0.4, -0.2) is 13.0 Å². The molecule has 0 unspecified atom stereocenters. The quantitative estimate of drug-likeness (QED) is 0.919. The van der Waals surface area contributed by atoms with Crippen molar-refractivity contribution in [3.8, 4) is 5.75 Å². The molecule has 0 spiro atoms. The fourth-order valence-corrected chi connectivity index (χ4v) is 1.66. The minimum Gasteiger partial charge on any atom is -0.496 e. The standard InChI is InChI=1S/C14H11ClNO2/c1-18-11-7-8-13(15)12(9-11)14(17)16-10-5-3-2-4-6-10/h2-6,8-9H,1H3,(H,16,17). The van der Waals surface area contributed by atoms with Gasteiger partial charge in [0.1, 0.15) is 5.75 Å². The van der Waals surface area contributed by atoms with Gasteiger partial charge in [-0.15, -0.1) is 0 Å². The highest BCUT2D eigenvalue weighted by atomic mass is 35.5. The molecule has 2 aromatic rings. The molecule has 0 aliphatic rings. The van der Waals surface area contributed by atoms with Gasteiger partial charge in [-0.25, -0.2) is 0 Å². The van der Waals surface area contributed by atoms with E-state index in [0.717, 1.165) is 0 Å². The number of hydrogen-bond donors (Lipinski definition) is 1. The molecule has 91 valence electrons. The maximum atomic E-state index is 12.0. The Labute approximate surface area is 110 Å². The van der Waals surface area contributed by atoms with Crippen LogP contribution < -0.4 is 10.1 Å². The Kier molecular flexibility index (Phi) is 3.85. The van der Waals surface area contributed by atoms with Crippen molar-refractivity contribution in [2.45, 2.75) is 0 Å². The minimum absolute atomic E-state index is 0.279. The van der Waals surface area contributed by atoms with E-state index in [-0.39, 0.29) is 5.91 Å². The zero-order valence-corrected chi connectivity index (χ0v) is 10.5. The van der Waals surface area contributed by atoms with Gasteiger partial charge in [0, 0.05) is 11.8 Å². The second kappa shape index (κ2) is 5.56. The van der Waals surface area contributed by atoms with Crippen molar-refractivity contribution in [2.24, 2.45) is 0 Å². The first kappa shape index (κ1) is 12.5. The van der Waals surface area contributed by atoms with Crippen molar-refractivity contribution in [1.82, 2.24) is 0 Å². The topological polar surface area (TPSA) is 38.3 Å². The predicted octanol–water partition coefficient (Wildman–Crippen LogP) is 3.40. The van der Waals surface area contributed by atoms with Gasteiger partial charge >= 0.3 is 0 Å². The van der Waals surface area contributed by atoms with Crippen LogP contribution in [0.25, 0.3) is 0 Å². The highest BCUT2D eigenvalue weighted by molar-refractivity contribution is 6.34. The zero-order chi connectivity index (χ0) is 13.0. The Morgan fingerprint density at radius 2 is 2.06 bits per heavy atom. The molecule has 0 aliphatic carbocycles. The van der Waals surface area contributed by atoms with E-state index in [1.807, 2.05) is 18.2 Å². The van der Waals surface area contributed by atoms with Crippen molar-refractivity contribution >= 4 is 23.2 Å². The maximum Gasteiger partial charge on any atom is 0.257 e. The van der Waals surface area contributed by atoms with Crippen molar-refractivity contribution in [3.63, 3.8) is 0 Å². The van der Waals surface area contributed by atoms with E-state index in [0.29, 0.717) is 22.0 Å². The van der Waals surface area contributed by atoms with Gasteiger partial charge in [0.15, 0.2) is 0 Å². The zero-order valence-electron chi connectivity index (χ0n) is 9.74. The van der Waals surface area contributed by atoms with Crippen molar-refractivity contribution in [2.75, 3.05) is 12.4 Å².